The number of carbonyl (C=O) groups is 5. The molecule has 0 bridgehead atoms. The van der Waals surface area contributed by atoms with Gasteiger partial charge in [-0.2, -0.15) is 0 Å². The monoisotopic (exact) mass is 1120 g/mol. The first-order chi connectivity index (χ1) is 35.3. The number of aryl methyl sites for hydroxylation is 4. The number of hydrogen-bond donors (Lipinski definition) is 6. The summed E-state index contributed by atoms with van der Waals surface area (Å²) in [4.78, 5) is 63.9. The van der Waals surface area contributed by atoms with Gasteiger partial charge in [0.25, 0.3) is 23.6 Å². The van der Waals surface area contributed by atoms with E-state index in [1.165, 1.54) is 95.5 Å². The molecule has 0 radical (unpaired) electrons. The molecular weight excluding hydrogens is 1080 g/mol. The standard InChI is InChI=1S/C45H40N10O17S4/c1-52-19-23(41(56)46-33-9-11-35(75(67,68)69)29-7-5-27(17-31(29)33)73(61,62)63)13-37(52)48-43(58)25-15-39(54(3)21-25)50-45(60)51-40-16-26(22-55(40)4)44(59)49-38-14-24(20-53(38)2)42(57)47-34-10-12-36(76(70,71)72)30-8-6-28(18-32(30)34)74(64,65)66/h5-22H,1-4H3,(H,46,56)(H,47,57)(H,48,58)(H,49,59)(H2,50,51,60)(H,61,62,63)(H,64,65,66)(H,67,68,69)(H,70,71,72)/p-4. The summed E-state index contributed by atoms with van der Waals surface area (Å²) in [7, 11) is -14.1. The van der Waals surface area contributed by atoms with Crippen LogP contribution in [0.25, 0.3) is 21.5 Å². The van der Waals surface area contributed by atoms with Crippen LogP contribution in [-0.4, -0.2) is 99.8 Å². The molecule has 27 nitrogen and oxygen atoms in total. The average Bonchev–Trinajstić information content (AvgIpc) is 4.09. The molecule has 6 N–H and O–H groups in total. The highest BCUT2D eigenvalue weighted by atomic mass is 32.2. The number of fused-ring (bicyclic) bond motifs is 2. The molecular formula is C45H36N10O17S4-4. The maximum Gasteiger partial charge on any atom is 0.325 e. The van der Waals surface area contributed by atoms with Crippen molar-refractivity contribution in [3.8, 4) is 0 Å². The van der Waals surface area contributed by atoms with E-state index in [0.29, 0.717) is 0 Å². The summed E-state index contributed by atoms with van der Waals surface area (Å²) < 4.78 is 147. The molecule has 0 atom stereocenters. The molecule has 0 aliphatic heterocycles. The lowest BCUT2D eigenvalue weighted by atomic mass is 10.1. The van der Waals surface area contributed by atoms with E-state index in [1.54, 1.807) is 0 Å². The van der Waals surface area contributed by atoms with Gasteiger partial charge in [0.2, 0.25) is 0 Å². The zero-order chi connectivity index (χ0) is 55.6. The van der Waals surface area contributed by atoms with Crippen LogP contribution in [0.3, 0.4) is 0 Å². The van der Waals surface area contributed by atoms with Crippen LogP contribution in [0.2, 0.25) is 0 Å². The van der Waals surface area contributed by atoms with Crippen LogP contribution in [0.4, 0.5) is 39.4 Å². The highest BCUT2D eigenvalue weighted by Crippen LogP contribution is 2.34. The van der Waals surface area contributed by atoms with Crippen LogP contribution < -0.4 is 31.9 Å². The second kappa shape index (κ2) is 19.5. The zero-order valence-corrected chi connectivity index (χ0v) is 42.5. The molecule has 8 rings (SSSR count). The Labute approximate surface area is 430 Å². The maximum atomic E-state index is 13.4. The molecule has 0 saturated heterocycles. The van der Waals surface area contributed by atoms with Crippen molar-refractivity contribution in [2.45, 2.75) is 19.6 Å². The van der Waals surface area contributed by atoms with Crippen LogP contribution >= 0.6 is 0 Å². The summed E-state index contributed by atoms with van der Waals surface area (Å²) in [5, 5.41) is 14.5. The molecule has 6 amide bonds. The third kappa shape index (κ3) is 11.2. The molecule has 31 heteroatoms. The molecule has 4 aromatic heterocycles. The van der Waals surface area contributed by atoms with Crippen LogP contribution in [0, 0.1) is 0 Å². The summed E-state index contributed by atoms with van der Waals surface area (Å²) in [5.74, 6) is -2.48. The van der Waals surface area contributed by atoms with Crippen molar-refractivity contribution in [1.29, 1.82) is 0 Å². The normalized spacial score (nSPS) is 12.1. The molecule has 4 aromatic carbocycles. The summed E-state index contributed by atoms with van der Waals surface area (Å²) in [6.45, 7) is 0. The average molecular weight is 1120 g/mol. The Morgan fingerprint density at radius 3 is 0.934 bits per heavy atom. The Morgan fingerprint density at radius 1 is 0.355 bits per heavy atom. The van der Waals surface area contributed by atoms with Crippen LogP contribution in [-0.2, 0) is 68.7 Å². The van der Waals surface area contributed by atoms with Crippen LogP contribution in [0.1, 0.15) is 41.4 Å². The number of urea groups is 1. The number of nitrogens with zero attached hydrogens (tertiary/aromatic N) is 4. The Balaban J connectivity index is 0.895. The van der Waals surface area contributed by atoms with E-state index in [9.17, 15) is 75.9 Å². The number of hydrogen-bond acceptors (Lipinski definition) is 17. The minimum absolute atomic E-state index is 0.0368. The van der Waals surface area contributed by atoms with Gasteiger partial charge in [-0.3, -0.25) is 29.8 Å². The molecule has 0 aliphatic rings. The third-order valence-electron chi connectivity index (χ3n) is 11.5. The summed E-state index contributed by atoms with van der Waals surface area (Å²) in [6, 6.07) is 13.6. The van der Waals surface area contributed by atoms with Gasteiger partial charge in [0.05, 0.1) is 41.8 Å². The van der Waals surface area contributed by atoms with Gasteiger partial charge < -0.3 is 57.7 Å². The van der Waals surface area contributed by atoms with Crippen molar-refractivity contribution in [3.63, 3.8) is 0 Å². The Morgan fingerprint density at radius 2 is 0.645 bits per heavy atom. The minimum Gasteiger partial charge on any atom is -0.744 e. The fourth-order valence-electron chi connectivity index (χ4n) is 7.85. The second-order valence-corrected chi connectivity index (χ2v) is 22.2. The molecule has 0 fully saturated rings. The Kier molecular flexibility index (Phi) is 13.8. The van der Waals surface area contributed by atoms with Crippen molar-refractivity contribution in [2.75, 3.05) is 31.9 Å². The van der Waals surface area contributed by atoms with Crippen molar-refractivity contribution >= 4 is 126 Å². The smallest absolute Gasteiger partial charge is 0.325 e. The molecule has 8 aromatic rings. The lowest BCUT2D eigenvalue weighted by Gasteiger charge is -2.16. The first kappa shape index (κ1) is 53.6. The van der Waals surface area contributed by atoms with E-state index in [2.05, 4.69) is 31.9 Å². The highest BCUT2D eigenvalue weighted by molar-refractivity contribution is 7.86. The molecule has 396 valence electrons. The van der Waals surface area contributed by atoms with Gasteiger partial charge in [-0.1, -0.05) is 12.1 Å². The molecule has 76 heavy (non-hydrogen) atoms. The lowest BCUT2D eigenvalue weighted by Crippen LogP contribution is -2.22. The third-order valence-corrected chi connectivity index (χ3v) is 15.0. The predicted octanol–water partition coefficient (Wildman–Crippen LogP) is 3.62. The van der Waals surface area contributed by atoms with Crippen LogP contribution in [0.15, 0.2) is 129 Å². The van der Waals surface area contributed by atoms with E-state index in [-0.39, 0.29) is 78.4 Å². The van der Waals surface area contributed by atoms with Crippen molar-refractivity contribution < 1.29 is 75.9 Å². The molecule has 0 aliphatic carbocycles. The van der Waals surface area contributed by atoms with Gasteiger partial charge in [0, 0.05) is 85.9 Å². The lowest BCUT2D eigenvalue weighted by molar-refractivity contribution is 0.101. The number of anilines is 6. The van der Waals surface area contributed by atoms with Gasteiger partial charge in [0.1, 0.15) is 63.7 Å². The SMILES string of the molecule is Cn1cc(C(=O)Nc2cc(C(=O)Nc3ccc(S(=O)(=O)[O-])c4ccc(S(=O)(=O)[O-])cc34)cn2C)cc1NC(=O)Nc1cc(C(=O)Nc2cc(C(=O)Nc3ccc(S(=O)(=O)[O-])c4ccc(S(=O)(=O)[O-])cc34)cn2C)cn1C. The van der Waals surface area contributed by atoms with E-state index >= 15 is 0 Å². The fraction of sp³-hybridized carbons (Fsp3) is 0.0889. The fourth-order valence-corrected chi connectivity index (χ4v) is 10.2. The van der Waals surface area contributed by atoms with E-state index in [1.807, 2.05) is 0 Å². The molecule has 4 heterocycles. The number of amides is 6. The molecule has 0 unspecified atom stereocenters. The number of nitrogens with one attached hydrogen (secondary N) is 6. The van der Waals surface area contributed by atoms with E-state index in [0.717, 1.165) is 60.7 Å². The number of benzene rings is 4. The zero-order valence-electron chi connectivity index (χ0n) is 39.3. The Bertz CT molecular complexity index is 4020. The van der Waals surface area contributed by atoms with Gasteiger partial charge in [-0.25, -0.2) is 38.5 Å². The van der Waals surface area contributed by atoms with E-state index in [4.69, 9.17) is 0 Å². The van der Waals surface area contributed by atoms with Crippen molar-refractivity contribution in [2.24, 2.45) is 28.2 Å². The highest BCUT2D eigenvalue weighted by Gasteiger charge is 2.22. The summed E-state index contributed by atoms with van der Waals surface area (Å²) in [5.41, 5.74) is -0.244. The second-order valence-electron chi connectivity index (χ2n) is 16.7. The first-order valence-corrected chi connectivity index (χ1v) is 26.9. The maximum absolute atomic E-state index is 13.4. The van der Waals surface area contributed by atoms with Gasteiger partial charge >= 0.3 is 6.03 Å². The first-order valence-electron chi connectivity index (χ1n) is 21.3. The van der Waals surface area contributed by atoms with Gasteiger partial charge in [-0.05, 0) is 72.8 Å². The minimum atomic E-state index is -5.07. The van der Waals surface area contributed by atoms with Gasteiger partial charge in [0.15, 0.2) is 0 Å². The molecule has 0 saturated carbocycles. The predicted molar refractivity (Wildman–Crippen MR) is 266 cm³/mol. The van der Waals surface area contributed by atoms with Crippen molar-refractivity contribution in [3.05, 3.63) is 132 Å². The Hall–Kier alpha value is -8.69. The van der Waals surface area contributed by atoms with Gasteiger partial charge in [-0.15, -0.1) is 0 Å². The van der Waals surface area contributed by atoms with Crippen molar-refractivity contribution in [1.82, 2.24) is 18.3 Å². The largest absolute Gasteiger partial charge is 0.744 e. The van der Waals surface area contributed by atoms with Crippen LogP contribution in [0.5, 0.6) is 0 Å². The topological polar surface area (TPSA) is 406 Å². The molecule has 0 spiro atoms. The summed E-state index contributed by atoms with van der Waals surface area (Å²) in [6.07, 6.45) is 5.44. The quantitative estimate of drug-likeness (QED) is 0.0847. The number of rotatable bonds is 14. The summed E-state index contributed by atoms with van der Waals surface area (Å²) >= 11 is 0. The van der Waals surface area contributed by atoms with E-state index < -0.39 is 89.7 Å². The number of aromatic nitrogens is 4. The number of carbonyl (C=O) groups excluding carboxylic acids is 5.